The molecule has 3 nitrogen and oxygen atoms in total. The molecule has 0 bridgehead atoms. The van der Waals surface area contributed by atoms with E-state index in [-0.39, 0.29) is 12.1 Å². The summed E-state index contributed by atoms with van der Waals surface area (Å²) in [5.74, 6) is 0. The Morgan fingerprint density at radius 3 is 2.58 bits per heavy atom. The second-order valence-electron chi connectivity index (χ2n) is 5.76. The van der Waals surface area contributed by atoms with Crippen molar-refractivity contribution in [1.82, 2.24) is 15.2 Å². The van der Waals surface area contributed by atoms with Gasteiger partial charge >= 0.3 is 0 Å². The average molecular weight is 352 g/mol. The third-order valence-electron chi connectivity index (χ3n) is 4.23. The highest BCUT2D eigenvalue weighted by molar-refractivity contribution is 7.80. The van der Waals surface area contributed by atoms with Gasteiger partial charge in [-0.05, 0) is 41.4 Å². The number of hydrogen-bond donors (Lipinski definition) is 1. The molecule has 0 amide bonds. The summed E-state index contributed by atoms with van der Waals surface area (Å²) in [5, 5.41) is 6.38. The fourth-order valence-corrected chi connectivity index (χ4v) is 4.30. The molecule has 0 spiro atoms. The number of thiocarbonyl (C=S) groups is 1. The quantitative estimate of drug-likeness (QED) is 0.709. The van der Waals surface area contributed by atoms with E-state index in [1.54, 1.807) is 11.3 Å². The van der Waals surface area contributed by atoms with Crippen molar-refractivity contribution in [1.29, 1.82) is 0 Å². The zero-order chi connectivity index (χ0) is 16.4. The van der Waals surface area contributed by atoms with Gasteiger partial charge in [-0.3, -0.25) is 4.98 Å². The van der Waals surface area contributed by atoms with Gasteiger partial charge in [0.1, 0.15) is 0 Å². The Bertz CT molecular complexity index is 803. The van der Waals surface area contributed by atoms with Crippen molar-refractivity contribution < 1.29 is 0 Å². The molecule has 0 aliphatic carbocycles. The van der Waals surface area contributed by atoms with Crippen molar-refractivity contribution >= 4 is 28.7 Å². The van der Waals surface area contributed by atoms with Crippen LogP contribution in [0.3, 0.4) is 0 Å². The minimum Gasteiger partial charge on any atom is -0.352 e. The van der Waals surface area contributed by atoms with Crippen LogP contribution in [0.15, 0.2) is 72.2 Å². The molecule has 1 fully saturated rings. The van der Waals surface area contributed by atoms with E-state index in [1.807, 2.05) is 24.4 Å². The predicted molar refractivity (Wildman–Crippen MR) is 102 cm³/mol. The Hall–Kier alpha value is -2.24. The van der Waals surface area contributed by atoms with Gasteiger partial charge in [-0.25, -0.2) is 0 Å². The van der Waals surface area contributed by atoms with Crippen molar-refractivity contribution in [3.8, 4) is 0 Å². The number of rotatable bonds is 4. The highest BCUT2D eigenvalue weighted by Crippen LogP contribution is 2.41. The molecule has 5 heteroatoms. The third-order valence-corrected chi connectivity index (χ3v) is 5.52. The van der Waals surface area contributed by atoms with E-state index in [1.165, 1.54) is 10.4 Å². The van der Waals surface area contributed by atoms with Gasteiger partial charge in [0.05, 0.1) is 17.8 Å². The Morgan fingerprint density at radius 1 is 1.04 bits per heavy atom. The molecule has 4 rings (SSSR count). The summed E-state index contributed by atoms with van der Waals surface area (Å²) < 4.78 is 0. The average Bonchev–Trinajstić information content (AvgIpc) is 3.25. The van der Waals surface area contributed by atoms with Crippen LogP contribution >= 0.6 is 23.6 Å². The molecule has 0 saturated carbocycles. The maximum absolute atomic E-state index is 5.66. The van der Waals surface area contributed by atoms with Crippen LogP contribution < -0.4 is 5.32 Å². The molecular formula is C19H17N3S2. The van der Waals surface area contributed by atoms with Gasteiger partial charge in [0.15, 0.2) is 5.11 Å². The minimum atomic E-state index is 0.0704. The van der Waals surface area contributed by atoms with Crippen LogP contribution in [0.25, 0.3) is 0 Å². The molecule has 1 saturated heterocycles. The normalized spacial score (nSPS) is 20.2. The van der Waals surface area contributed by atoms with E-state index in [2.05, 4.69) is 63.0 Å². The molecule has 24 heavy (non-hydrogen) atoms. The SMILES string of the molecule is S=C1N[C@@H](c2ccccn2)[C@@H](c2cccs2)N1Cc1ccccc1. The number of aromatic nitrogens is 1. The summed E-state index contributed by atoms with van der Waals surface area (Å²) in [6.45, 7) is 0.790. The maximum atomic E-state index is 5.66. The highest BCUT2D eigenvalue weighted by Gasteiger charge is 2.40. The lowest BCUT2D eigenvalue weighted by atomic mass is 10.0. The topological polar surface area (TPSA) is 28.2 Å². The molecular weight excluding hydrogens is 334 g/mol. The van der Waals surface area contributed by atoms with Gasteiger partial charge in [-0.1, -0.05) is 42.5 Å². The lowest BCUT2D eigenvalue weighted by Crippen LogP contribution is -2.28. The lowest BCUT2D eigenvalue weighted by molar-refractivity contribution is 0.315. The summed E-state index contributed by atoms with van der Waals surface area (Å²) in [6, 6.07) is 21.0. The van der Waals surface area contributed by atoms with Gasteiger partial charge in [0.2, 0.25) is 0 Å². The van der Waals surface area contributed by atoms with Crippen molar-refractivity contribution in [3.63, 3.8) is 0 Å². The molecule has 2 aromatic heterocycles. The van der Waals surface area contributed by atoms with Crippen molar-refractivity contribution in [2.24, 2.45) is 0 Å². The van der Waals surface area contributed by atoms with Crippen LogP contribution in [0.5, 0.6) is 0 Å². The number of nitrogens with one attached hydrogen (secondary N) is 1. The van der Waals surface area contributed by atoms with Crippen LogP contribution in [0.1, 0.15) is 28.2 Å². The zero-order valence-electron chi connectivity index (χ0n) is 13.0. The number of hydrogen-bond acceptors (Lipinski definition) is 3. The molecule has 1 aliphatic rings. The fraction of sp³-hybridized carbons (Fsp3) is 0.158. The first-order chi connectivity index (χ1) is 11.8. The molecule has 0 radical (unpaired) electrons. The molecule has 1 aliphatic heterocycles. The highest BCUT2D eigenvalue weighted by atomic mass is 32.1. The Morgan fingerprint density at radius 2 is 1.88 bits per heavy atom. The molecule has 1 N–H and O–H groups in total. The first-order valence-electron chi connectivity index (χ1n) is 7.88. The van der Waals surface area contributed by atoms with E-state index in [9.17, 15) is 0 Å². The van der Waals surface area contributed by atoms with E-state index < -0.39 is 0 Å². The fourth-order valence-electron chi connectivity index (χ4n) is 3.12. The van der Waals surface area contributed by atoms with Gasteiger partial charge in [-0.2, -0.15) is 0 Å². The molecule has 1 aromatic carbocycles. The molecule has 2 atom stereocenters. The molecule has 0 unspecified atom stereocenters. The monoisotopic (exact) mass is 351 g/mol. The molecule has 3 aromatic rings. The summed E-state index contributed by atoms with van der Waals surface area (Å²) in [5.41, 5.74) is 2.28. The maximum Gasteiger partial charge on any atom is 0.170 e. The van der Waals surface area contributed by atoms with Crippen LogP contribution in [-0.4, -0.2) is 15.0 Å². The van der Waals surface area contributed by atoms with Gasteiger partial charge in [0, 0.05) is 17.6 Å². The number of benzene rings is 1. The summed E-state index contributed by atoms with van der Waals surface area (Å²) in [4.78, 5) is 8.13. The number of thiophene rings is 1. The second-order valence-corrected chi connectivity index (χ2v) is 7.12. The molecule has 120 valence electrons. The number of nitrogens with zero attached hydrogens (tertiary/aromatic N) is 2. The van der Waals surface area contributed by atoms with E-state index in [0.29, 0.717) is 0 Å². The van der Waals surface area contributed by atoms with Crippen molar-refractivity contribution in [2.45, 2.75) is 18.6 Å². The van der Waals surface area contributed by atoms with Crippen LogP contribution in [-0.2, 0) is 6.54 Å². The van der Waals surface area contributed by atoms with E-state index >= 15 is 0 Å². The van der Waals surface area contributed by atoms with E-state index in [4.69, 9.17) is 12.2 Å². The Balaban J connectivity index is 1.71. The van der Waals surface area contributed by atoms with Crippen LogP contribution in [0.4, 0.5) is 0 Å². The van der Waals surface area contributed by atoms with E-state index in [0.717, 1.165) is 17.4 Å². The van der Waals surface area contributed by atoms with Gasteiger partial charge in [-0.15, -0.1) is 11.3 Å². The first kappa shape index (κ1) is 15.3. The van der Waals surface area contributed by atoms with Crippen molar-refractivity contribution in [3.05, 3.63) is 88.4 Å². The van der Waals surface area contributed by atoms with Crippen LogP contribution in [0.2, 0.25) is 0 Å². The van der Waals surface area contributed by atoms with Gasteiger partial charge < -0.3 is 10.2 Å². The summed E-state index contributed by atoms with van der Waals surface area (Å²) >= 11 is 7.43. The largest absolute Gasteiger partial charge is 0.352 e. The third kappa shape index (κ3) is 2.92. The minimum absolute atomic E-state index is 0.0704. The van der Waals surface area contributed by atoms with Crippen LogP contribution in [0, 0.1) is 0 Å². The first-order valence-corrected chi connectivity index (χ1v) is 9.17. The second kappa shape index (κ2) is 6.71. The molecule has 3 heterocycles. The lowest BCUT2D eigenvalue weighted by Gasteiger charge is -2.26. The Kier molecular flexibility index (Phi) is 4.28. The number of pyridine rings is 1. The van der Waals surface area contributed by atoms with Gasteiger partial charge in [0.25, 0.3) is 0 Å². The summed E-state index contributed by atoms with van der Waals surface area (Å²) in [6.07, 6.45) is 1.84. The standard InChI is InChI=1S/C19H17N3S2/c23-19-21-17(15-9-4-5-11-20-15)18(16-10-6-12-24-16)22(19)13-14-7-2-1-3-8-14/h1-12,17-18H,13H2,(H,21,23)/t17-,18+/m0/s1. The Labute approximate surface area is 151 Å². The van der Waals surface area contributed by atoms with Crippen molar-refractivity contribution in [2.75, 3.05) is 0 Å². The smallest absolute Gasteiger partial charge is 0.170 e. The summed E-state index contributed by atoms with van der Waals surface area (Å²) in [7, 11) is 0. The zero-order valence-corrected chi connectivity index (χ0v) is 14.6. The predicted octanol–water partition coefficient (Wildman–Crippen LogP) is 4.32.